The second kappa shape index (κ2) is 6.64. The Morgan fingerprint density at radius 2 is 1.76 bits per heavy atom. The van der Waals surface area contributed by atoms with Gasteiger partial charge in [0.1, 0.15) is 0 Å². The molecule has 2 heterocycles. The third-order valence-electron chi connectivity index (χ3n) is 4.74. The van der Waals surface area contributed by atoms with E-state index in [1.165, 1.54) is 5.69 Å². The van der Waals surface area contributed by atoms with Gasteiger partial charge in [0.05, 0.1) is 33.2 Å². The molecule has 2 aliphatic heterocycles. The summed E-state index contributed by atoms with van der Waals surface area (Å²) in [5.41, 5.74) is 2.54. The summed E-state index contributed by atoms with van der Waals surface area (Å²) >= 11 is 0. The van der Waals surface area contributed by atoms with Gasteiger partial charge >= 0.3 is 0 Å². The van der Waals surface area contributed by atoms with Crippen molar-refractivity contribution in [1.82, 2.24) is 0 Å². The number of quaternary nitrogens is 1. The highest BCUT2D eigenvalue weighted by Gasteiger charge is 2.18. The number of carbonyl (C=O) groups is 1. The molecule has 0 spiro atoms. The number of rotatable bonds is 3. The van der Waals surface area contributed by atoms with E-state index in [0.717, 1.165) is 31.9 Å². The zero-order valence-corrected chi connectivity index (χ0v) is 14.2. The number of carbonyl (C=O) groups excluding carboxylic acids is 1. The summed E-state index contributed by atoms with van der Waals surface area (Å²) in [4.78, 5) is 16.4. The van der Waals surface area contributed by atoms with Crippen molar-refractivity contribution in [3.05, 3.63) is 48.0 Å². The minimum Gasteiger partial charge on any atom is -0.454 e. The van der Waals surface area contributed by atoms with Crippen molar-refractivity contribution in [2.45, 2.75) is 0 Å². The molecule has 2 aromatic rings. The highest BCUT2D eigenvalue weighted by Crippen LogP contribution is 2.32. The largest absolute Gasteiger partial charge is 0.454 e. The van der Waals surface area contributed by atoms with Crippen molar-refractivity contribution in [2.24, 2.45) is 0 Å². The quantitative estimate of drug-likeness (QED) is 0.875. The van der Waals surface area contributed by atoms with E-state index in [0.29, 0.717) is 17.1 Å². The second-order valence-corrected chi connectivity index (χ2v) is 6.51. The fourth-order valence-corrected chi connectivity index (χ4v) is 3.14. The topological polar surface area (TPSA) is 55.2 Å². The molecule has 1 saturated heterocycles. The van der Waals surface area contributed by atoms with Crippen LogP contribution in [-0.2, 0) is 0 Å². The van der Waals surface area contributed by atoms with Gasteiger partial charge in [0.15, 0.2) is 11.5 Å². The Kier molecular flexibility index (Phi) is 4.19. The van der Waals surface area contributed by atoms with Crippen LogP contribution in [0.3, 0.4) is 0 Å². The standard InChI is InChI=1S/C19H21N3O3/c1-21-8-10-22(11-9-21)16-5-3-15(4-6-16)20-19(23)14-2-7-17-18(12-14)25-13-24-17/h2-7,12H,8-11,13H2,1H3,(H,20,23)/p+1. The van der Waals surface area contributed by atoms with Crippen LogP contribution in [-0.4, -0.2) is 45.9 Å². The number of anilines is 2. The molecule has 0 radical (unpaired) electrons. The van der Waals surface area contributed by atoms with Crippen LogP contribution >= 0.6 is 0 Å². The van der Waals surface area contributed by atoms with Gasteiger partial charge in [-0.25, -0.2) is 0 Å². The first-order valence-corrected chi connectivity index (χ1v) is 8.56. The fourth-order valence-electron chi connectivity index (χ4n) is 3.14. The van der Waals surface area contributed by atoms with E-state index in [9.17, 15) is 4.79 Å². The van der Waals surface area contributed by atoms with Crippen molar-refractivity contribution in [3.8, 4) is 11.5 Å². The monoisotopic (exact) mass is 340 g/mol. The third-order valence-corrected chi connectivity index (χ3v) is 4.74. The van der Waals surface area contributed by atoms with Gasteiger partial charge in [-0.2, -0.15) is 0 Å². The number of nitrogens with zero attached hydrogens (tertiary/aromatic N) is 1. The summed E-state index contributed by atoms with van der Waals surface area (Å²) in [6.07, 6.45) is 0. The van der Waals surface area contributed by atoms with Gasteiger partial charge in [-0.3, -0.25) is 4.79 Å². The van der Waals surface area contributed by atoms with E-state index in [1.54, 1.807) is 23.1 Å². The lowest BCUT2D eigenvalue weighted by Crippen LogP contribution is -3.12. The summed E-state index contributed by atoms with van der Waals surface area (Å²) in [5, 5.41) is 2.93. The zero-order chi connectivity index (χ0) is 17.2. The molecule has 2 aliphatic rings. The van der Waals surface area contributed by atoms with Crippen LogP contribution in [0.4, 0.5) is 11.4 Å². The summed E-state index contributed by atoms with van der Waals surface area (Å²) in [6.45, 7) is 4.64. The maximum absolute atomic E-state index is 12.4. The van der Waals surface area contributed by atoms with E-state index < -0.39 is 0 Å². The molecular formula is C19H22N3O3+. The van der Waals surface area contributed by atoms with E-state index in [-0.39, 0.29) is 12.7 Å². The van der Waals surface area contributed by atoms with Crippen LogP contribution in [0, 0.1) is 0 Å². The SMILES string of the molecule is C[NH+]1CCN(c2ccc(NC(=O)c3ccc4c(c3)OCO4)cc2)CC1. The molecular weight excluding hydrogens is 318 g/mol. The first-order valence-electron chi connectivity index (χ1n) is 8.56. The fraction of sp³-hybridized carbons (Fsp3) is 0.316. The Labute approximate surface area is 146 Å². The molecule has 6 heteroatoms. The first kappa shape index (κ1) is 15.8. The number of hydrogen-bond acceptors (Lipinski definition) is 4. The average molecular weight is 340 g/mol. The number of hydrogen-bond donors (Lipinski definition) is 2. The maximum atomic E-state index is 12.4. The summed E-state index contributed by atoms with van der Waals surface area (Å²) in [7, 11) is 2.23. The molecule has 2 aromatic carbocycles. The number of benzene rings is 2. The van der Waals surface area contributed by atoms with Gasteiger partial charge in [0.2, 0.25) is 6.79 Å². The number of amides is 1. The number of fused-ring (bicyclic) bond motifs is 1. The Morgan fingerprint density at radius 1 is 1.04 bits per heavy atom. The molecule has 0 aliphatic carbocycles. The van der Waals surface area contributed by atoms with E-state index in [1.807, 2.05) is 12.1 Å². The van der Waals surface area contributed by atoms with Crippen LogP contribution in [0.25, 0.3) is 0 Å². The van der Waals surface area contributed by atoms with Crippen molar-refractivity contribution < 1.29 is 19.2 Å². The molecule has 1 amide bonds. The smallest absolute Gasteiger partial charge is 0.255 e. The van der Waals surface area contributed by atoms with Crippen LogP contribution in [0.5, 0.6) is 11.5 Å². The molecule has 0 atom stereocenters. The molecule has 6 nitrogen and oxygen atoms in total. The predicted octanol–water partition coefficient (Wildman–Crippen LogP) is 1.00. The molecule has 2 N–H and O–H groups in total. The Balaban J connectivity index is 1.41. The lowest BCUT2D eigenvalue weighted by Gasteiger charge is -2.31. The number of likely N-dealkylation sites (N-methyl/N-ethyl adjacent to an activating group) is 1. The minimum atomic E-state index is -0.158. The van der Waals surface area contributed by atoms with Gasteiger partial charge in [0, 0.05) is 16.9 Å². The molecule has 25 heavy (non-hydrogen) atoms. The minimum absolute atomic E-state index is 0.158. The molecule has 0 saturated carbocycles. The Hall–Kier alpha value is -2.73. The first-order chi connectivity index (χ1) is 12.2. The molecule has 0 bridgehead atoms. The number of piperazine rings is 1. The third kappa shape index (κ3) is 3.39. The van der Waals surface area contributed by atoms with Crippen LogP contribution in [0.1, 0.15) is 10.4 Å². The second-order valence-electron chi connectivity index (χ2n) is 6.51. The lowest BCUT2D eigenvalue weighted by atomic mass is 10.1. The van der Waals surface area contributed by atoms with Crippen molar-refractivity contribution in [3.63, 3.8) is 0 Å². The van der Waals surface area contributed by atoms with Crippen LogP contribution in [0.15, 0.2) is 42.5 Å². The van der Waals surface area contributed by atoms with E-state index >= 15 is 0 Å². The average Bonchev–Trinajstić information content (AvgIpc) is 3.11. The number of nitrogens with one attached hydrogen (secondary N) is 2. The van der Waals surface area contributed by atoms with Crippen LogP contribution in [0.2, 0.25) is 0 Å². The van der Waals surface area contributed by atoms with E-state index in [2.05, 4.69) is 29.4 Å². The zero-order valence-electron chi connectivity index (χ0n) is 14.2. The van der Waals surface area contributed by atoms with Gasteiger partial charge in [-0.15, -0.1) is 0 Å². The molecule has 0 unspecified atom stereocenters. The summed E-state index contributed by atoms with van der Waals surface area (Å²) in [6, 6.07) is 13.2. The van der Waals surface area contributed by atoms with Crippen molar-refractivity contribution >= 4 is 17.3 Å². The molecule has 1 fully saturated rings. The normalized spacial score (nSPS) is 16.8. The Bertz CT molecular complexity index is 768. The van der Waals surface area contributed by atoms with Gasteiger partial charge in [-0.1, -0.05) is 0 Å². The molecule has 4 rings (SSSR count). The Morgan fingerprint density at radius 3 is 2.52 bits per heavy atom. The summed E-state index contributed by atoms with van der Waals surface area (Å²) < 4.78 is 10.6. The van der Waals surface area contributed by atoms with Crippen molar-refractivity contribution in [1.29, 1.82) is 0 Å². The predicted molar refractivity (Wildman–Crippen MR) is 95.8 cm³/mol. The summed E-state index contributed by atoms with van der Waals surface area (Å²) in [5.74, 6) is 1.13. The highest BCUT2D eigenvalue weighted by molar-refractivity contribution is 6.04. The van der Waals surface area contributed by atoms with Gasteiger partial charge in [0.25, 0.3) is 5.91 Å². The van der Waals surface area contributed by atoms with Crippen molar-refractivity contribution in [2.75, 3.05) is 50.2 Å². The molecule has 0 aromatic heterocycles. The van der Waals surface area contributed by atoms with Gasteiger partial charge in [-0.05, 0) is 42.5 Å². The lowest BCUT2D eigenvalue weighted by molar-refractivity contribution is -0.880. The van der Waals surface area contributed by atoms with E-state index in [4.69, 9.17) is 9.47 Å². The highest BCUT2D eigenvalue weighted by atomic mass is 16.7. The van der Waals surface area contributed by atoms with Crippen LogP contribution < -0.4 is 24.6 Å². The number of ether oxygens (including phenoxy) is 2. The molecule has 130 valence electrons. The maximum Gasteiger partial charge on any atom is 0.255 e. The van der Waals surface area contributed by atoms with Gasteiger partial charge < -0.3 is 24.6 Å².